The quantitative estimate of drug-likeness (QED) is 0.863. The zero-order valence-corrected chi connectivity index (χ0v) is 11.0. The van der Waals surface area contributed by atoms with Crippen LogP contribution in [0, 0.1) is 0 Å². The number of thiophene rings is 1. The van der Waals surface area contributed by atoms with E-state index in [1.54, 1.807) is 18.4 Å². The Bertz CT molecular complexity index is 264. The first kappa shape index (κ1) is 12.2. The minimum Gasteiger partial charge on any atom is -0.383 e. The van der Waals surface area contributed by atoms with Crippen LogP contribution in [0.15, 0.2) is 15.9 Å². The Kier molecular flexibility index (Phi) is 5.70. The fourth-order valence-electron chi connectivity index (χ4n) is 1.32. The molecule has 0 spiro atoms. The van der Waals surface area contributed by atoms with Gasteiger partial charge in [0.15, 0.2) is 0 Å². The summed E-state index contributed by atoms with van der Waals surface area (Å²) >= 11 is 5.34. The van der Waals surface area contributed by atoms with Crippen molar-refractivity contribution in [3.8, 4) is 0 Å². The van der Waals surface area contributed by atoms with Crippen LogP contribution in [0.4, 0.5) is 0 Å². The second-order valence-electron chi connectivity index (χ2n) is 3.17. The minimum absolute atomic E-state index is 0.453. The maximum absolute atomic E-state index is 5.12. The first-order chi connectivity index (χ1) is 6.77. The van der Waals surface area contributed by atoms with Crippen molar-refractivity contribution in [2.75, 3.05) is 20.8 Å². The number of nitrogens with one attached hydrogen (secondary N) is 1. The standard InChI is InChI=1S/C10H16BrNOS/c1-12-8(7-13-2)3-4-10-9(11)5-6-14-10/h5-6,8,12H,3-4,7H2,1-2H3. The molecule has 1 unspecified atom stereocenters. The molecule has 1 rings (SSSR count). The Balaban J connectivity index is 2.35. The third kappa shape index (κ3) is 3.69. The van der Waals surface area contributed by atoms with Gasteiger partial charge < -0.3 is 10.1 Å². The Morgan fingerprint density at radius 2 is 2.43 bits per heavy atom. The highest BCUT2D eigenvalue weighted by Gasteiger charge is 2.07. The molecule has 1 aromatic rings. The number of hydrogen-bond donors (Lipinski definition) is 1. The van der Waals surface area contributed by atoms with E-state index in [-0.39, 0.29) is 0 Å². The van der Waals surface area contributed by atoms with Crippen LogP contribution < -0.4 is 5.32 Å². The number of rotatable bonds is 6. The van der Waals surface area contributed by atoms with Crippen LogP contribution in [0.2, 0.25) is 0 Å². The molecular weight excluding hydrogens is 262 g/mol. The van der Waals surface area contributed by atoms with Crippen molar-refractivity contribution in [2.24, 2.45) is 0 Å². The summed E-state index contributed by atoms with van der Waals surface area (Å²) < 4.78 is 6.36. The molecule has 4 heteroatoms. The Morgan fingerprint density at radius 1 is 1.64 bits per heavy atom. The van der Waals surface area contributed by atoms with E-state index in [2.05, 4.69) is 32.7 Å². The van der Waals surface area contributed by atoms with Gasteiger partial charge in [-0.2, -0.15) is 0 Å². The molecule has 0 bridgehead atoms. The summed E-state index contributed by atoms with van der Waals surface area (Å²) in [7, 11) is 3.72. The average molecular weight is 278 g/mol. The number of aryl methyl sites for hydroxylation is 1. The third-order valence-electron chi connectivity index (χ3n) is 2.19. The second kappa shape index (κ2) is 6.56. The molecule has 0 amide bonds. The maximum Gasteiger partial charge on any atom is 0.0615 e. The number of ether oxygens (including phenoxy) is 1. The molecule has 0 saturated carbocycles. The van der Waals surface area contributed by atoms with Crippen LogP contribution in [0.5, 0.6) is 0 Å². The van der Waals surface area contributed by atoms with Gasteiger partial charge in [-0.15, -0.1) is 11.3 Å². The third-order valence-corrected chi connectivity index (χ3v) is 4.17. The molecule has 0 fully saturated rings. The summed E-state index contributed by atoms with van der Waals surface area (Å²) in [6.07, 6.45) is 2.22. The van der Waals surface area contributed by atoms with Crippen LogP contribution in [0.3, 0.4) is 0 Å². The van der Waals surface area contributed by atoms with E-state index in [1.165, 1.54) is 9.35 Å². The first-order valence-corrected chi connectivity index (χ1v) is 6.33. The van der Waals surface area contributed by atoms with Crippen LogP contribution in [-0.2, 0) is 11.2 Å². The number of methoxy groups -OCH3 is 1. The van der Waals surface area contributed by atoms with Gasteiger partial charge >= 0.3 is 0 Å². The van der Waals surface area contributed by atoms with E-state index < -0.39 is 0 Å². The first-order valence-electron chi connectivity index (χ1n) is 4.66. The van der Waals surface area contributed by atoms with E-state index in [9.17, 15) is 0 Å². The van der Waals surface area contributed by atoms with Crippen molar-refractivity contribution >= 4 is 27.3 Å². The Morgan fingerprint density at radius 3 is 2.93 bits per heavy atom. The number of hydrogen-bond acceptors (Lipinski definition) is 3. The van der Waals surface area contributed by atoms with Gasteiger partial charge in [-0.1, -0.05) is 0 Å². The summed E-state index contributed by atoms with van der Waals surface area (Å²) in [6.45, 7) is 0.777. The predicted molar refractivity (Wildman–Crippen MR) is 65.1 cm³/mol. The van der Waals surface area contributed by atoms with E-state index in [1.807, 2.05) is 7.05 Å². The SMILES string of the molecule is CNC(CCc1sccc1Br)COC. The summed E-state index contributed by atoms with van der Waals surface area (Å²) in [4.78, 5) is 1.42. The largest absolute Gasteiger partial charge is 0.383 e. The summed E-state index contributed by atoms with van der Waals surface area (Å²) in [6, 6.07) is 2.55. The van der Waals surface area contributed by atoms with Gasteiger partial charge in [0.1, 0.15) is 0 Å². The van der Waals surface area contributed by atoms with E-state index in [0.717, 1.165) is 19.4 Å². The van der Waals surface area contributed by atoms with Crippen molar-refractivity contribution < 1.29 is 4.74 Å². The molecule has 1 atom stereocenters. The Hall–Kier alpha value is 0.1000. The Labute approximate surface area is 97.8 Å². The van der Waals surface area contributed by atoms with Crippen LogP contribution in [0.1, 0.15) is 11.3 Å². The lowest BCUT2D eigenvalue weighted by Gasteiger charge is -2.14. The molecule has 1 N–H and O–H groups in total. The van der Waals surface area contributed by atoms with Crippen molar-refractivity contribution in [1.29, 1.82) is 0 Å². The fraction of sp³-hybridized carbons (Fsp3) is 0.600. The second-order valence-corrected chi connectivity index (χ2v) is 5.03. The highest BCUT2D eigenvalue weighted by molar-refractivity contribution is 9.10. The van der Waals surface area contributed by atoms with Gasteiger partial charge in [-0.05, 0) is 47.3 Å². The number of halogens is 1. The van der Waals surface area contributed by atoms with Crippen molar-refractivity contribution in [3.05, 3.63) is 20.8 Å². The van der Waals surface area contributed by atoms with E-state index in [4.69, 9.17) is 4.74 Å². The topological polar surface area (TPSA) is 21.3 Å². The predicted octanol–water partition coefficient (Wildman–Crippen LogP) is 2.68. The molecule has 0 aliphatic carbocycles. The normalized spacial score (nSPS) is 13.1. The molecule has 0 radical (unpaired) electrons. The van der Waals surface area contributed by atoms with Gasteiger partial charge in [0.2, 0.25) is 0 Å². The molecule has 80 valence electrons. The molecule has 1 aromatic heterocycles. The van der Waals surface area contributed by atoms with Crippen molar-refractivity contribution in [1.82, 2.24) is 5.32 Å². The average Bonchev–Trinajstić information content (AvgIpc) is 2.59. The summed E-state index contributed by atoms with van der Waals surface area (Å²) in [5.41, 5.74) is 0. The molecule has 0 aliphatic heterocycles. The fourth-order valence-corrected chi connectivity index (χ4v) is 2.89. The van der Waals surface area contributed by atoms with Gasteiger partial charge in [-0.25, -0.2) is 0 Å². The molecule has 1 heterocycles. The maximum atomic E-state index is 5.12. The molecule has 2 nitrogen and oxygen atoms in total. The van der Waals surface area contributed by atoms with Crippen LogP contribution in [0.25, 0.3) is 0 Å². The van der Waals surface area contributed by atoms with Crippen LogP contribution >= 0.6 is 27.3 Å². The number of likely N-dealkylation sites (N-methyl/N-ethyl adjacent to an activating group) is 1. The zero-order valence-electron chi connectivity index (χ0n) is 8.55. The molecule has 0 aromatic carbocycles. The van der Waals surface area contributed by atoms with Gasteiger partial charge in [0.25, 0.3) is 0 Å². The lowest BCUT2D eigenvalue weighted by atomic mass is 10.1. The van der Waals surface area contributed by atoms with Gasteiger partial charge in [0.05, 0.1) is 6.61 Å². The van der Waals surface area contributed by atoms with Crippen molar-refractivity contribution in [3.63, 3.8) is 0 Å². The highest BCUT2D eigenvalue weighted by Crippen LogP contribution is 2.24. The van der Waals surface area contributed by atoms with E-state index >= 15 is 0 Å². The smallest absolute Gasteiger partial charge is 0.0615 e. The lowest BCUT2D eigenvalue weighted by molar-refractivity contribution is 0.166. The summed E-state index contributed by atoms with van der Waals surface area (Å²) in [5, 5.41) is 5.36. The molecule has 0 saturated heterocycles. The molecular formula is C10H16BrNOS. The lowest BCUT2D eigenvalue weighted by Crippen LogP contribution is -2.30. The molecule has 14 heavy (non-hydrogen) atoms. The van der Waals surface area contributed by atoms with Gasteiger partial charge in [-0.3, -0.25) is 0 Å². The minimum atomic E-state index is 0.453. The van der Waals surface area contributed by atoms with Gasteiger partial charge in [0, 0.05) is 22.5 Å². The van der Waals surface area contributed by atoms with E-state index in [0.29, 0.717) is 6.04 Å². The summed E-state index contributed by atoms with van der Waals surface area (Å²) in [5.74, 6) is 0. The zero-order chi connectivity index (χ0) is 10.4. The monoisotopic (exact) mass is 277 g/mol. The van der Waals surface area contributed by atoms with Crippen molar-refractivity contribution in [2.45, 2.75) is 18.9 Å². The highest BCUT2D eigenvalue weighted by atomic mass is 79.9. The van der Waals surface area contributed by atoms with Crippen LogP contribution in [-0.4, -0.2) is 26.8 Å². The molecule has 0 aliphatic rings.